The summed E-state index contributed by atoms with van der Waals surface area (Å²) in [6, 6.07) is 0. The molecule has 1 fully saturated rings. The second-order valence-corrected chi connectivity index (χ2v) is 5.81. The summed E-state index contributed by atoms with van der Waals surface area (Å²) in [5.41, 5.74) is 6.57. The normalized spacial score (nSPS) is 37.1. The second-order valence-electron chi connectivity index (χ2n) is 5.81. The van der Waals surface area contributed by atoms with Crippen LogP contribution in [0.4, 0.5) is 0 Å². The monoisotopic (exact) mass is 199 g/mol. The maximum absolute atomic E-state index is 9.11. The van der Waals surface area contributed by atoms with Crippen molar-refractivity contribution in [3.8, 4) is 0 Å². The first-order valence-corrected chi connectivity index (χ1v) is 5.77. The Hall–Kier alpha value is -0.0800. The highest BCUT2D eigenvalue weighted by Gasteiger charge is 2.42. The van der Waals surface area contributed by atoms with Crippen LogP contribution in [-0.2, 0) is 0 Å². The fourth-order valence-corrected chi connectivity index (χ4v) is 2.98. The molecule has 0 heterocycles. The lowest BCUT2D eigenvalue weighted by Crippen LogP contribution is -2.44. The number of nitrogens with two attached hydrogens (primary N) is 1. The molecule has 0 aromatic rings. The molecule has 1 rings (SSSR count). The van der Waals surface area contributed by atoms with Crippen LogP contribution in [0.1, 0.15) is 46.5 Å². The largest absolute Gasteiger partial charge is 0.396 e. The molecular formula is C12H25NO. The van der Waals surface area contributed by atoms with E-state index in [1.807, 2.05) is 0 Å². The summed E-state index contributed by atoms with van der Waals surface area (Å²) in [7, 11) is 0. The number of hydrogen-bond donors (Lipinski definition) is 2. The first kappa shape index (κ1) is 12.0. The van der Waals surface area contributed by atoms with E-state index < -0.39 is 0 Å². The van der Waals surface area contributed by atoms with Gasteiger partial charge in [-0.15, -0.1) is 0 Å². The van der Waals surface area contributed by atoms with E-state index in [1.54, 1.807) is 0 Å². The molecule has 2 heteroatoms. The van der Waals surface area contributed by atoms with Crippen molar-refractivity contribution in [1.82, 2.24) is 0 Å². The summed E-state index contributed by atoms with van der Waals surface area (Å²) < 4.78 is 0. The highest BCUT2D eigenvalue weighted by molar-refractivity contribution is 4.93. The van der Waals surface area contributed by atoms with E-state index >= 15 is 0 Å². The standard InChI is InChI=1S/C12H25NO/c1-10-8-11(2,3)4-5-12(10,9-13)6-7-14/h10,14H,4-9,13H2,1-3H3. The predicted octanol–water partition coefficient (Wildman–Crippen LogP) is 2.16. The summed E-state index contributed by atoms with van der Waals surface area (Å²) in [5, 5.41) is 9.11. The molecule has 1 aliphatic rings. The van der Waals surface area contributed by atoms with Gasteiger partial charge in [0.25, 0.3) is 0 Å². The number of aliphatic hydroxyl groups is 1. The van der Waals surface area contributed by atoms with Gasteiger partial charge in [0.2, 0.25) is 0 Å². The smallest absolute Gasteiger partial charge is 0.0436 e. The van der Waals surface area contributed by atoms with E-state index in [0.717, 1.165) is 13.0 Å². The summed E-state index contributed by atoms with van der Waals surface area (Å²) in [6.45, 7) is 7.97. The Bertz CT molecular complexity index is 191. The first-order valence-electron chi connectivity index (χ1n) is 5.77. The quantitative estimate of drug-likeness (QED) is 0.731. The molecule has 1 saturated carbocycles. The number of rotatable bonds is 3. The van der Waals surface area contributed by atoms with Crippen LogP contribution in [-0.4, -0.2) is 18.3 Å². The molecule has 2 unspecified atom stereocenters. The zero-order valence-corrected chi connectivity index (χ0v) is 9.84. The van der Waals surface area contributed by atoms with Crippen molar-refractivity contribution in [2.75, 3.05) is 13.2 Å². The van der Waals surface area contributed by atoms with E-state index in [9.17, 15) is 0 Å². The Morgan fingerprint density at radius 2 is 2.00 bits per heavy atom. The van der Waals surface area contributed by atoms with Crippen molar-refractivity contribution in [2.45, 2.75) is 46.5 Å². The van der Waals surface area contributed by atoms with E-state index in [-0.39, 0.29) is 12.0 Å². The van der Waals surface area contributed by atoms with E-state index in [2.05, 4.69) is 20.8 Å². The third-order valence-corrected chi connectivity index (χ3v) is 4.22. The molecule has 0 aliphatic heterocycles. The maximum atomic E-state index is 9.11. The van der Waals surface area contributed by atoms with Crippen molar-refractivity contribution in [3.63, 3.8) is 0 Å². The molecule has 0 radical (unpaired) electrons. The fraction of sp³-hybridized carbons (Fsp3) is 1.00. The molecule has 0 bridgehead atoms. The lowest BCUT2D eigenvalue weighted by atomic mass is 9.58. The minimum absolute atomic E-state index is 0.213. The van der Waals surface area contributed by atoms with Gasteiger partial charge < -0.3 is 10.8 Å². The average Bonchev–Trinajstić information content (AvgIpc) is 2.10. The minimum atomic E-state index is 0.213. The van der Waals surface area contributed by atoms with Crippen LogP contribution in [0.5, 0.6) is 0 Å². The first-order chi connectivity index (χ1) is 6.46. The van der Waals surface area contributed by atoms with Crippen LogP contribution >= 0.6 is 0 Å². The van der Waals surface area contributed by atoms with Crippen molar-refractivity contribution in [1.29, 1.82) is 0 Å². The summed E-state index contributed by atoms with van der Waals surface area (Å²) >= 11 is 0. The molecule has 0 saturated heterocycles. The van der Waals surface area contributed by atoms with E-state index in [4.69, 9.17) is 10.8 Å². The van der Waals surface area contributed by atoms with E-state index in [0.29, 0.717) is 11.3 Å². The Kier molecular flexibility index (Phi) is 3.59. The van der Waals surface area contributed by atoms with Gasteiger partial charge in [-0.3, -0.25) is 0 Å². The zero-order valence-electron chi connectivity index (χ0n) is 9.84. The van der Waals surface area contributed by atoms with Crippen molar-refractivity contribution >= 4 is 0 Å². The molecular weight excluding hydrogens is 174 g/mol. The Morgan fingerprint density at radius 3 is 2.43 bits per heavy atom. The molecule has 0 aromatic heterocycles. The van der Waals surface area contributed by atoms with Gasteiger partial charge in [-0.05, 0) is 49.0 Å². The number of aliphatic hydroxyl groups excluding tert-OH is 1. The molecule has 0 spiro atoms. The van der Waals surface area contributed by atoms with Crippen molar-refractivity contribution < 1.29 is 5.11 Å². The van der Waals surface area contributed by atoms with Gasteiger partial charge >= 0.3 is 0 Å². The van der Waals surface area contributed by atoms with Crippen LogP contribution in [0.25, 0.3) is 0 Å². The maximum Gasteiger partial charge on any atom is 0.0436 e. The molecule has 14 heavy (non-hydrogen) atoms. The molecule has 2 nitrogen and oxygen atoms in total. The number of hydrogen-bond acceptors (Lipinski definition) is 2. The Balaban J connectivity index is 2.71. The average molecular weight is 199 g/mol. The molecule has 84 valence electrons. The van der Waals surface area contributed by atoms with Crippen LogP contribution in [0.2, 0.25) is 0 Å². The third kappa shape index (κ3) is 2.29. The van der Waals surface area contributed by atoms with Gasteiger partial charge in [0, 0.05) is 6.61 Å². The van der Waals surface area contributed by atoms with Gasteiger partial charge in [-0.2, -0.15) is 0 Å². The Labute approximate surface area is 87.9 Å². The van der Waals surface area contributed by atoms with Gasteiger partial charge in [0.05, 0.1) is 0 Å². The lowest BCUT2D eigenvalue weighted by molar-refractivity contribution is 0.0224. The second kappa shape index (κ2) is 4.19. The fourth-order valence-electron chi connectivity index (χ4n) is 2.98. The SMILES string of the molecule is CC1CC(C)(C)CCC1(CN)CCO. The summed E-state index contributed by atoms with van der Waals surface area (Å²) in [6.07, 6.45) is 4.54. The summed E-state index contributed by atoms with van der Waals surface area (Å²) in [4.78, 5) is 0. The Morgan fingerprint density at radius 1 is 1.36 bits per heavy atom. The van der Waals surface area contributed by atoms with Crippen LogP contribution in [0.15, 0.2) is 0 Å². The zero-order chi connectivity index (χ0) is 10.8. The van der Waals surface area contributed by atoms with Crippen molar-refractivity contribution in [2.24, 2.45) is 22.5 Å². The highest BCUT2D eigenvalue weighted by atomic mass is 16.3. The highest BCUT2D eigenvalue weighted by Crippen LogP contribution is 2.49. The molecule has 0 aromatic carbocycles. The topological polar surface area (TPSA) is 46.2 Å². The molecule has 1 aliphatic carbocycles. The molecule has 0 amide bonds. The minimum Gasteiger partial charge on any atom is -0.396 e. The van der Waals surface area contributed by atoms with Crippen LogP contribution in [0.3, 0.4) is 0 Å². The predicted molar refractivity (Wildman–Crippen MR) is 60.0 cm³/mol. The van der Waals surface area contributed by atoms with Gasteiger partial charge in [0.15, 0.2) is 0 Å². The van der Waals surface area contributed by atoms with Gasteiger partial charge in [-0.25, -0.2) is 0 Å². The lowest BCUT2D eigenvalue weighted by Gasteiger charge is -2.48. The van der Waals surface area contributed by atoms with Crippen molar-refractivity contribution in [3.05, 3.63) is 0 Å². The van der Waals surface area contributed by atoms with Crippen LogP contribution < -0.4 is 5.73 Å². The van der Waals surface area contributed by atoms with Gasteiger partial charge in [-0.1, -0.05) is 20.8 Å². The van der Waals surface area contributed by atoms with Crippen LogP contribution in [0, 0.1) is 16.7 Å². The van der Waals surface area contributed by atoms with E-state index in [1.165, 1.54) is 19.3 Å². The molecule has 2 atom stereocenters. The van der Waals surface area contributed by atoms with Gasteiger partial charge in [0.1, 0.15) is 0 Å². The third-order valence-electron chi connectivity index (χ3n) is 4.22. The molecule has 3 N–H and O–H groups in total. The summed E-state index contributed by atoms with van der Waals surface area (Å²) in [5.74, 6) is 0.642.